The van der Waals surface area contributed by atoms with Crippen molar-refractivity contribution in [3.63, 3.8) is 0 Å². The molecule has 0 amide bonds. The molecule has 0 spiro atoms. The lowest BCUT2D eigenvalue weighted by atomic mass is 9.89. The molecule has 2 N–H and O–H groups in total. The average molecular weight is 408 g/mol. The fourth-order valence-corrected chi connectivity index (χ4v) is 4.94. The molecule has 154 valence electrons. The van der Waals surface area contributed by atoms with Crippen LogP contribution in [0.1, 0.15) is 47.4 Å². The van der Waals surface area contributed by atoms with E-state index in [1.165, 1.54) is 16.5 Å². The van der Waals surface area contributed by atoms with Crippen LogP contribution in [0.5, 0.6) is 0 Å². The van der Waals surface area contributed by atoms with Gasteiger partial charge in [-0.2, -0.15) is 10.5 Å². The summed E-state index contributed by atoms with van der Waals surface area (Å²) in [7, 11) is 0. The van der Waals surface area contributed by atoms with E-state index in [0.717, 1.165) is 72.9 Å². The number of H-pyrrole nitrogens is 2. The Labute approximate surface area is 181 Å². The second-order valence-corrected chi connectivity index (χ2v) is 8.53. The molecule has 2 aromatic heterocycles. The summed E-state index contributed by atoms with van der Waals surface area (Å²) in [5, 5.41) is 20.7. The van der Waals surface area contributed by atoms with Gasteiger partial charge in [0.1, 0.15) is 6.07 Å². The van der Waals surface area contributed by atoms with Crippen LogP contribution in [0.2, 0.25) is 0 Å². The fourth-order valence-electron chi connectivity index (χ4n) is 4.94. The Bertz CT molecular complexity index is 1310. The Balaban J connectivity index is 1.17. The van der Waals surface area contributed by atoms with Gasteiger partial charge < -0.3 is 14.9 Å². The van der Waals surface area contributed by atoms with Crippen LogP contribution < -0.4 is 0 Å². The molecule has 5 nitrogen and oxygen atoms in total. The van der Waals surface area contributed by atoms with Crippen LogP contribution in [0.4, 0.5) is 0 Å². The second-order valence-electron chi connectivity index (χ2n) is 8.53. The second kappa shape index (κ2) is 8.30. The zero-order valence-electron chi connectivity index (χ0n) is 17.5. The molecule has 3 heterocycles. The minimum atomic E-state index is 0.555. The van der Waals surface area contributed by atoms with E-state index in [0.29, 0.717) is 5.92 Å². The lowest BCUT2D eigenvalue weighted by Gasteiger charge is -2.32. The molecule has 5 rings (SSSR count). The monoisotopic (exact) mass is 407 g/mol. The van der Waals surface area contributed by atoms with Crippen LogP contribution in [-0.2, 0) is 6.42 Å². The van der Waals surface area contributed by atoms with E-state index in [4.69, 9.17) is 0 Å². The number of hydrogen-bond donors (Lipinski definition) is 2. The largest absolute Gasteiger partial charge is 0.361 e. The van der Waals surface area contributed by atoms with Crippen LogP contribution in [0.25, 0.3) is 21.8 Å². The minimum Gasteiger partial charge on any atom is -0.361 e. The van der Waals surface area contributed by atoms with Crippen LogP contribution in [0.3, 0.4) is 0 Å². The van der Waals surface area contributed by atoms with Gasteiger partial charge in [-0.15, -0.1) is 0 Å². The molecule has 31 heavy (non-hydrogen) atoms. The zero-order valence-corrected chi connectivity index (χ0v) is 17.5. The van der Waals surface area contributed by atoms with Gasteiger partial charge in [-0.05, 0) is 92.7 Å². The number of likely N-dealkylation sites (tertiary alicyclic amines) is 1. The summed E-state index contributed by atoms with van der Waals surface area (Å²) < 4.78 is 0. The summed E-state index contributed by atoms with van der Waals surface area (Å²) >= 11 is 0. The van der Waals surface area contributed by atoms with Gasteiger partial charge in [-0.3, -0.25) is 0 Å². The van der Waals surface area contributed by atoms with Crippen molar-refractivity contribution < 1.29 is 0 Å². The van der Waals surface area contributed by atoms with Crippen LogP contribution in [0.15, 0.2) is 48.8 Å². The van der Waals surface area contributed by atoms with Crippen molar-refractivity contribution in [2.75, 3.05) is 19.6 Å². The number of aryl methyl sites for hydroxylation is 1. The van der Waals surface area contributed by atoms with Crippen molar-refractivity contribution in [2.24, 2.45) is 0 Å². The van der Waals surface area contributed by atoms with Gasteiger partial charge in [-0.1, -0.05) is 6.07 Å². The first-order valence-corrected chi connectivity index (χ1v) is 11.0. The van der Waals surface area contributed by atoms with E-state index in [1.807, 2.05) is 18.2 Å². The van der Waals surface area contributed by atoms with E-state index in [9.17, 15) is 10.5 Å². The standard InChI is InChI=1S/C26H25N5/c27-14-19-4-6-26-23(13-19)24(17-30-26)20-7-10-31(11-8-20)9-1-2-18-3-5-25-22(12-18)21(15-28)16-29-25/h3-6,12-13,16-17,20,29-30H,1-2,7-11H2. The fraction of sp³-hybridized carbons (Fsp3) is 0.308. The van der Waals surface area contributed by atoms with Crippen molar-refractivity contribution >= 4 is 21.8 Å². The quantitative estimate of drug-likeness (QED) is 0.477. The number of hydrogen-bond acceptors (Lipinski definition) is 3. The molecule has 0 saturated carbocycles. The number of piperidine rings is 1. The van der Waals surface area contributed by atoms with Crippen molar-refractivity contribution in [3.05, 3.63) is 71.0 Å². The Morgan fingerprint density at radius 1 is 0.903 bits per heavy atom. The number of nitrogens with zero attached hydrogens (tertiary/aromatic N) is 3. The summed E-state index contributed by atoms with van der Waals surface area (Å²) in [6.45, 7) is 3.34. The number of benzene rings is 2. The highest BCUT2D eigenvalue weighted by atomic mass is 15.1. The highest BCUT2D eigenvalue weighted by molar-refractivity contribution is 5.86. The molecule has 0 unspecified atom stereocenters. The average Bonchev–Trinajstić information content (AvgIpc) is 3.42. The Hall–Kier alpha value is -3.54. The molecule has 4 aromatic rings. The molecule has 1 aliphatic rings. The van der Waals surface area contributed by atoms with Crippen LogP contribution in [-0.4, -0.2) is 34.5 Å². The molecule has 1 fully saturated rings. The SMILES string of the molecule is N#Cc1ccc2[nH]cc(C3CCN(CCCc4ccc5[nH]cc(C#N)c5c4)CC3)c2c1. The van der Waals surface area contributed by atoms with Gasteiger partial charge >= 0.3 is 0 Å². The van der Waals surface area contributed by atoms with E-state index in [-0.39, 0.29) is 0 Å². The Kier molecular flexibility index (Phi) is 5.20. The summed E-state index contributed by atoms with van der Waals surface area (Å²) in [6.07, 6.45) is 8.40. The van der Waals surface area contributed by atoms with Crippen molar-refractivity contribution in [1.29, 1.82) is 10.5 Å². The topological polar surface area (TPSA) is 82.4 Å². The molecule has 2 aromatic carbocycles. The maximum Gasteiger partial charge on any atom is 0.101 e. The van der Waals surface area contributed by atoms with Crippen molar-refractivity contribution in [3.8, 4) is 12.1 Å². The first-order chi connectivity index (χ1) is 15.2. The van der Waals surface area contributed by atoms with E-state index in [1.54, 1.807) is 6.20 Å². The molecular formula is C26H25N5. The number of fused-ring (bicyclic) bond motifs is 2. The third kappa shape index (κ3) is 3.81. The van der Waals surface area contributed by atoms with E-state index in [2.05, 4.69) is 51.4 Å². The number of aromatic amines is 2. The smallest absolute Gasteiger partial charge is 0.101 e. The number of rotatable bonds is 5. The van der Waals surface area contributed by atoms with Gasteiger partial charge in [0, 0.05) is 34.2 Å². The maximum atomic E-state index is 9.24. The van der Waals surface area contributed by atoms with Gasteiger partial charge in [-0.25, -0.2) is 0 Å². The predicted molar refractivity (Wildman–Crippen MR) is 123 cm³/mol. The Morgan fingerprint density at radius 2 is 1.68 bits per heavy atom. The van der Waals surface area contributed by atoms with Crippen molar-refractivity contribution in [1.82, 2.24) is 14.9 Å². The van der Waals surface area contributed by atoms with E-state index >= 15 is 0 Å². The van der Waals surface area contributed by atoms with Gasteiger partial charge in [0.25, 0.3) is 0 Å². The molecule has 0 aliphatic carbocycles. The van der Waals surface area contributed by atoms with Crippen LogP contribution >= 0.6 is 0 Å². The summed E-state index contributed by atoms with van der Waals surface area (Å²) in [5.41, 5.74) is 6.26. The molecule has 1 aliphatic heterocycles. The number of aromatic nitrogens is 2. The lowest BCUT2D eigenvalue weighted by Crippen LogP contribution is -2.33. The summed E-state index contributed by atoms with van der Waals surface area (Å²) in [6, 6.07) is 16.8. The maximum absolute atomic E-state index is 9.24. The molecule has 5 heteroatoms. The predicted octanol–water partition coefficient (Wildman–Crippen LogP) is 5.20. The highest BCUT2D eigenvalue weighted by Gasteiger charge is 2.22. The summed E-state index contributed by atoms with van der Waals surface area (Å²) in [5.74, 6) is 0.555. The van der Waals surface area contributed by atoms with Gasteiger partial charge in [0.05, 0.1) is 17.2 Å². The molecule has 0 bridgehead atoms. The van der Waals surface area contributed by atoms with Gasteiger partial charge in [0.15, 0.2) is 0 Å². The highest BCUT2D eigenvalue weighted by Crippen LogP contribution is 2.33. The number of nitrogens with one attached hydrogen (secondary N) is 2. The third-order valence-electron chi connectivity index (χ3n) is 6.68. The first-order valence-electron chi connectivity index (χ1n) is 11.0. The minimum absolute atomic E-state index is 0.555. The molecular weight excluding hydrogens is 382 g/mol. The summed E-state index contributed by atoms with van der Waals surface area (Å²) in [4.78, 5) is 9.10. The molecule has 0 atom stereocenters. The number of nitriles is 2. The third-order valence-corrected chi connectivity index (χ3v) is 6.68. The lowest BCUT2D eigenvalue weighted by molar-refractivity contribution is 0.211. The zero-order chi connectivity index (χ0) is 21.2. The molecule has 0 radical (unpaired) electrons. The Morgan fingerprint density at radius 3 is 2.48 bits per heavy atom. The molecule has 1 saturated heterocycles. The van der Waals surface area contributed by atoms with Crippen LogP contribution in [0, 0.1) is 22.7 Å². The normalized spacial score (nSPS) is 15.3. The first kappa shape index (κ1) is 19.4. The van der Waals surface area contributed by atoms with E-state index < -0.39 is 0 Å². The van der Waals surface area contributed by atoms with Crippen molar-refractivity contribution in [2.45, 2.75) is 31.6 Å². The van der Waals surface area contributed by atoms with Gasteiger partial charge in [0.2, 0.25) is 0 Å².